The highest BCUT2D eigenvalue weighted by Gasteiger charge is 2.40. The molecule has 2 nitrogen and oxygen atoms in total. The molecule has 0 heterocycles. The largest absolute Gasteiger partial charge is 0.223 e. The predicted octanol–water partition coefficient (Wildman–Crippen LogP) is 4.24. The van der Waals surface area contributed by atoms with Gasteiger partial charge in [-0.3, -0.25) is 0 Å². The summed E-state index contributed by atoms with van der Waals surface area (Å²) in [4.78, 5) is 0.404. The van der Waals surface area contributed by atoms with Gasteiger partial charge in [0.05, 0.1) is 6.12 Å². The Kier molecular flexibility index (Phi) is 3.59. The molecule has 3 aliphatic carbocycles. The molecule has 3 heteroatoms. The number of sulfone groups is 1. The van der Waals surface area contributed by atoms with E-state index < -0.39 is 14.6 Å². The van der Waals surface area contributed by atoms with Crippen molar-refractivity contribution in [2.45, 2.75) is 64.5 Å². The number of unbranched alkanes of at least 4 members (excludes halogenated alkanes) is 1. The minimum atomic E-state index is -3.38. The summed E-state index contributed by atoms with van der Waals surface area (Å²) in [5, 5.41) is 0. The van der Waals surface area contributed by atoms with Crippen molar-refractivity contribution in [1.29, 1.82) is 0 Å². The molecule has 0 fully saturated rings. The predicted molar refractivity (Wildman–Crippen MR) is 80.6 cm³/mol. The molecule has 0 aliphatic heterocycles. The van der Waals surface area contributed by atoms with Crippen molar-refractivity contribution in [3.63, 3.8) is 0 Å². The lowest BCUT2D eigenvalue weighted by molar-refractivity contribution is 0.470. The lowest BCUT2D eigenvalue weighted by Gasteiger charge is -2.37. The zero-order valence-corrected chi connectivity index (χ0v) is 13.3. The first-order chi connectivity index (χ1) is 9.20. The molecule has 3 rings (SSSR count). The van der Waals surface area contributed by atoms with Crippen molar-refractivity contribution in [3.8, 4) is 0 Å². The van der Waals surface area contributed by atoms with Crippen LogP contribution < -0.4 is 0 Å². The molecule has 2 atom stereocenters. The van der Waals surface area contributed by atoms with Crippen molar-refractivity contribution in [2.24, 2.45) is 11.8 Å². The lowest BCUT2D eigenvalue weighted by Crippen LogP contribution is -2.35. The molecule has 0 aromatic heterocycles. The highest BCUT2D eigenvalue weighted by molar-refractivity contribution is 7.96. The maximum absolute atomic E-state index is 12.7. The molecule has 0 aromatic carbocycles. The number of fused-ring (bicyclic) bond motifs is 1. The monoisotopic (exact) mass is 283 g/mol. The Bertz CT molecular complexity index is 550. The van der Waals surface area contributed by atoms with Crippen molar-refractivity contribution in [3.05, 3.63) is 22.6 Å². The Hall–Kier alpha value is -0.570. The van der Waals surface area contributed by atoms with Gasteiger partial charge in [-0.25, -0.2) is 8.42 Å². The summed E-state index contributed by atoms with van der Waals surface area (Å²) in [7, 11) is -3.38. The van der Waals surface area contributed by atoms with Gasteiger partial charge in [-0.05, 0) is 52.4 Å². The molecule has 0 aromatic rings. The van der Waals surface area contributed by atoms with Crippen LogP contribution in [0.1, 0.15) is 61.2 Å². The maximum Gasteiger partial charge on any atom is 0.179 e. The molecule has 0 unspecified atom stereocenters. The fraction of sp³-hybridized carbons (Fsp3) is 0.750. The van der Waals surface area contributed by atoms with Crippen LogP contribution in [0, 0.1) is 11.8 Å². The van der Waals surface area contributed by atoms with Crippen LogP contribution in [0.4, 0.5) is 0 Å². The molecule has 0 radical (unpaired) electrons. The topological polar surface area (TPSA) is 34.1 Å². The molecule has 0 saturated carbocycles. The Morgan fingerprint density at radius 2 is 1.95 bits per heavy atom. The van der Waals surface area contributed by atoms with Gasteiger partial charge in [0.2, 0.25) is 0 Å². The van der Waals surface area contributed by atoms with Crippen LogP contribution in [-0.2, 0) is 9.84 Å². The van der Waals surface area contributed by atoms with E-state index in [1.807, 2.05) is 0 Å². The Morgan fingerprint density at radius 1 is 1.32 bits per heavy atom. The number of hydrogen-bond acceptors (Lipinski definition) is 2. The minimum Gasteiger partial charge on any atom is -0.223 e. The van der Waals surface area contributed by atoms with E-state index in [-0.39, 0.29) is 11.8 Å². The van der Waals surface area contributed by atoms with Gasteiger partial charge in [0, 0.05) is 10.8 Å². The normalized spacial score (nSPS) is 28.4. The SMILES string of the molecule is [2H]C1=C(S(=O)(=O)C(C)(C)C)[C@H]2C=C(CCCC)[C@@H]1CC2. The Balaban J connectivity index is 2.38. The first-order valence-electron chi connectivity index (χ1n) is 7.86. The second-order valence-corrected chi connectivity index (χ2v) is 9.38. The van der Waals surface area contributed by atoms with Crippen molar-refractivity contribution < 1.29 is 9.79 Å². The molecular weight excluding hydrogens is 256 g/mol. The van der Waals surface area contributed by atoms with E-state index in [4.69, 9.17) is 1.37 Å². The zero-order valence-electron chi connectivity index (χ0n) is 13.5. The first kappa shape index (κ1) is 13.4. The molecule has 2 bridgehead atoms. The van der Waals surface area contributed by atoms with E-state index in [0.717, 1.165) is 32.1 Å². The van der Waals surface area contributed by atoms with Gasteiger partial charge in [0.1, 0.15) is 0 Å². The van der Waals surface area contributed by atoms with Crippen LogP contribution in [0.25, 0.3) is 0 Å². The van der Waals surface area contributed by atoms with E-state index in [9.17, 15) is 8.42 Å². The molecule has 0 spiro atoms. The summed E-state index contributed by atoms with van der Waals surface area (Å²) in [6, 6.07) is 0.379. The van der Waals surface area contributed by atoms with Gasteiger partial charge in [-0.2, -0.15) is 0 Å². The van der Waals surface area contributed by atoms with Gasteiger partial charge < -0.3 is 0 Å². The van der Waals surface area contributed by atoms with Crippen LogP contribution in [0.15, 0.2) is 22.6 Å². The van der Waals surface area contributed by atoms with Crippen LogP contribution in [-0.4, -0.2) is 13.2 Å². The van der Waals surface area contributed by atoms with Crippen LogP contribution in [0.2, 0.25) is 0 Å². The lowest BCUT2D eigenvalue weighted by atomic mass is 9.75. The van der Waals surface area contributed by atoms with E-state index in [0.29, 0.717) is 11.0 Å². The zero-order chi connectivity index (χ0) is 15.1. The summed E-state index contributed by atoms with van der Waals surface area (Å²) < 4.78 is 33.0. The third-order valence-electron chi connectivity index (χ3n) is 4.20. The highest BCUT2D eigenvalue weighted by Crippen LogP contribution is 2.45. The Morgan fingerprint density at radius 3 is 2.47 bits per heavy atom. The summed E-state index contributed by atoms with van der Waals surface area (Å²) in [6.07, 6.45) is 7.27. The molecule has 0 saturated heterocycles. The van der Waals surface area contributed by atoms with E-state index >= 15 is 0 Å². The van der Waals surface area contributed by atoms with Crippen molar-refractivity contribution in [2.75, 3.05) is 0 Å². The van der Waals surface area contributed by atoms with Gasteiger partial charge >= 0.3 is 0 Å². The fourth-order valence-electron chi connectivity index (χ4n) is 2.89. The van der Waals surface area contributed by atoms with Gasteiger partial charge in [-0.15, -0.1) is 0 Å². The van der Waals surface area contributed by atoms with Crippen LogP contribution >= 0.6 is 0 Å². The number of hydrogen-bond donors (Lipinski definition) is 0. The third-order valence-corrected chi connectivity index (χ3v) is 6.81. The Labute approximate surface area is 119 Å². The third kappa shape index (κ3) is 2.67. The molecular formula is C16H26O2S. The van der Waals surface area contributed by atoms with Crippen LogP contribution in [0.5, 0.6) is 0 Å². The fourth-order valence-corrected chi connectivity index (χ4v) is 4.43. The quantitative estimate of drug-likeness (QED) is 0.723. The van der Waals surface area contributed by atoms with E-state index in [1.54, 1.807) is 20.8 Å². The van der Waals surface area contributed by atoms with E-state index in [1.165, 1.54) is 5.57 Å². The smallest absolute Gasteiger partial charge is 0.179 e. The van der Waals surface area contributed by atoms with Crippen molar-refractivity contribution in [1.82, 2.24) is 0 Å². The maximum atomic E-state index is 12.7. The number of rotatable bonds is 4. The molecule has 19 heavy (non-hydrogen) atoms. The second-order valence-electron chi connectivity index (χ2n) is 6.71. The van der Waals surface area contributed by atoms with Gasteiger partial charge in [0.15, 0.2) is 9.84 Å². The average Bonchev–Trinajstić information content (AvgIpc) is 2.35. The molecule has 3 aliphatic rings. The van der Waals surface area contributed by atoms with Crippen molar-refractivity contribution >= 4 is 9.84 Å². The van der Waals surface area contributed by atoms with Gasteiger partial charge in [0.25, 0.3) is 0 Å². The minimum absolute atomic E-state index is 0.0522. The summed E-state index contributed by atoms with van der Waals surface area (Å²) in [6.45, 7) is 7.35. The first-order valence-corrected chi connectivity index (χ1v) is 8.84. The molecule has 0 amide bonds. The number of allylic oxidation sites excluding steroid dienone is 4. The summed E-state index contributed by atoms with van der Waals surface area (Å²) in [5.74, 6) is 0.00209. The van der Waals surface area contributed by atoms with Crippen LogP contribution in [0.3, 0.4) is 0 Å². The standard InChI is InChI=1S/C16H26O2S/c1-5-6-7-12-10-14-9-8-13(12)11-15(14)19(17,18)16(2,3)4/h10-11,13-14H,5-9H2,1-4H3/t13-,14-/m1/s1/i11D. The summed E-state index contributed by atoms with van der Waals surface area (Å²) in [5.41, 5.74) is 1.31. The highest BCUT2D eigenvalue weighted by atomic mass is 32.2. The van der Waals surface area contributed by atoms with Gasteiger partial charge in [-0.1, -0.05) is 31.0 Å². The second kappa shape index (κ2) is 5.08. The average molecular weight is 283 g/mol. The molecule has 0 N–H and O–H groups in total. The molecule has 108 valence electrons. The van der Waals surface area contributed by atoms with E-state index in [2.05, 4.69) is 13.0 Å². The summed E-state index contributed by atoms with van der Waals surface area (Å²) >= 11 is 0.